The molecule has 0 heterocycles. The fourth-order valence-corrected chi connectivity index (χ4v) is 8.44. The number of likely N-dealkylation sites (N-methyl/N-ethyl adjacent to an activating group) is 1. The van der Waals surface area contributed by atoms with Crippen LogP contribution in [0.5, 0.6) is 0 Å². The number of unbranched alkanes of at least 4 members (excludes halogenated alkanes) is 32. The minimum Gasteiger partial charge on any atom is -0.756 e. The zero-order chi connectivity index (χ0) is 47.1. The molecule has 0 saturated carbocycles. The fourth-order valence-electron chi connectivity index (χ4n) is 7.71. The zero-order valence-corrected chi connectivity index (χ0v) is 43.6. The number of carbonyl (C=O) groups is 2. The van der Waals surface area contributed by atoms with Gasteiger partial charge >= 0.3 is 11.9 Å². The van der Waals surface area contributed by atoms with E-state index in [0.717, 1.165) is 32.1 Å². The highest BCUT2D eigenvalue weighted by molar-refractivity contribution is 7.45. The van der Waals surface area contributed by atoms with Crippen molar-refractivity contribution in [3.05, 3.63) is 24.3 Å². The summed E-state index contributed by atoms with van der Waals surface area (Å²) in [6.07, 6.45) is 53.7. The van der Waals surface area contributed by atoms with Gasteiger partial charge in [-0.1, -0.05) is 212 Å². The van der Waals surface area contributed by atoms with E-state index in [1.807, 2.05) is 21.1 Å². The topological polar surface area (TPSA) is 111 Å². The molecule has 0 bridgehead atoms. The molecule has 0 aliphatic rings. The Balaban J connectivity index is 4.20. The van der Waals surface area contributed by atoms with E-state index in [4.69, 9.17) is 18.5 Å². The predicted molar refractivity (Wildman–Crippen MR) is 268 cm³/mol. The van der Waals surface area contributed by atoms with Crippen LogP contribution in [0, 0.1) is 0 Å². The average molecular weight is 926 g/mol. The monoisotopic (exact) mass is 926 g/mol. The first-order valence-corrected chi connectivity index (χ1v) is 28.5. The Kier molecular flexibility index (Phi) is 45.5. The summed E-state index contributed by atoms with van der Waals surface area (Å²) in [4.78, 5) is 37.7. The highest BCUT2D eigenvalue weighted by atomic mass is 31.2. The molecule has 0 spiro atoms. The predicted octanol–water partition coefficient (Wildman–Crippen LogP) is 15.6. The summed E-state index contributed by atoms with van der Waals surface area (Å²) in [6.45, 7) is 4.23. The lowest BCUT2D eigenvalue weighted by Crippen LogP contribution is -2.37. The molecule has 0 radical (unpaired) electrons. The summed E-state index contributed by atoms with van der Waals surface area (Å²) in [5, 5.41) is 0. The van der Waals surface area contributed by atoms with Crippen molar-refractivity contribution in [2.24, 2.45) is 0 Å². The number of nitrogens with zero attached hydrogens (tertiary/aromatic N) is 1. The Bertz CT molecular complexity index is 1140. The van der Waals surface area contributed by atoms with Gasteiger partial charge in [0.25, 0.3) is 7.82 Å². The van der Waals surface area contributed by atoms with Gasteiger partial charge in [0.15, 0.2) is 6.10 Å². The summed E-state index contributed by atoms with van der Waals surface area (Å²) >= 11 is 0. The number of esters is 2. The number of carbonyl (C=O) groups excluding carboxylic acids is 2. The summed E-state index contributed by atoms with van der Waals surface area (Å²) in [6, 6.07) is 0. The van der Waals surface area contributed by atoms with E-state index < -0.39 is 32.5 Å². The Hall–Kier alpha value is -1.51. The lowest BCUT2D eigenvalue weighted by molar-refractivity contribution is -0.870. The van der Waals surface area contributed by atoms with E-state index in [1.165, 1.54) is 186 Å². The van der Waals surface area contributed by atoms with Crippen molar-refractivity contribution < 1.29 is 42.1 Å². The van der Waals surface area contributed by atoms with Crippen LogP contribution in [0.15, 0.2) is 24.3 Å². The number of ether oxygens (including phenoxy) is 2. The van der Waals surface area contributed by atoms with Gasteiger partial charge in [-0.2, -0.15) is 0 Å². The van der Waals surface area contributed by atoms with Crippen LogP contribution >= 0.6 is 7.82 Å². The largest absolute Gasteiger partial charge is 0.756 e. The maximum atomic E-state index is 12.7. The van der Waals surface area contributed by atoms with Crippen molar-refractivity contribution in [2.45, 2.75) is 264 Å². The first-order chi connectivity index (χ1) is 31.0. The van der Waals surface area contributed by atoms with Crippen LogP contribution < -0.4 is 4.89 Å². The minimum atomic E-state index is -4.63. The molecule has 2 atom stereocenters. The highest BCUT2D eigenvalue weighted by Gasteiger charge is 2.21. The van der Waals surface area contributed by atoms with Gasteiger partial charge in [0.2, 0.25) is 0 Å². The molecule has 1 unspecified atom stereocenters. The maximum absolute atomic E-state index is 12.7. The van der Waals surface area contributed by atoms with Gasteiger partial charge in [-0.05, 0) is 57.8 Å². The molecule has 0 N–H and O–H groups in total. The molecule has 0 aliphatic carbocycles. The van der Waals surface area contributed by atoms with Crippen LogP contribution in [0.2, 0.25) is 0 Å². The van der Waals surface area contributed by atoms with Gasteiger partial charge in [-0.25, -0.2) is 0 Å². The Morgan fingerprint density at radius 3 is 1.22 bits per heavy atom. The molecule has 0 fully saturated rings. The van der Waals surface area contributed by atoms with E-state index in [-0.39, 0.29) is 26.1 Å². The Morgan fingerprint density at radius 2 is 0.812 bits per heavy atom. The maximum Gasteiger partial charge on any atom is 0.306 e. The third-order valence-corrected chi connectivity index (χ3v) is 12.9. The zero-order valence-electron chi connectivity index (χ0n) is 42.7. The molecule has 0 rings (SSSR count). The second kappa shape index (κ2) is 46.6. The lowest BCUT2D eigenvalue weighted by Gasteiger charge is -2.28. The molecule has 0 aliphatic heterocycles. The molecular weight excluding hydrogens is 822 g/mol. The number of rotatable bonds is 50. The number of quaternary nitrogens is 1. The molecule has 0 aromatic rings. The quantitative estimate of drug-likeness (QED) is 0.0195. The first kappa shape index (κ1) is 62.5. The van der Waals surface area contributed by atoms with E-state index in [0.29, 0.717) is 23.9 Å². The molecule has 0 saturated heterocycles. The summed E-state index contributed by atoms with van der Waals surface area (Å²) in [5.74, 6) is -0.862. The third kappa shape index (κ3) is 49.9. The molecule has 64 heavy (non-hydrogen) atoms. The smallest absolute Gasteiger partial charge is 0.306 e. The second-order valence-corrected chi connectivity index (χ2v) is 21.0. The Morgan fingerprint density at radius 1 is 0.469 bits per heavy atom. The SMILES string of the molecule is CCCCCC/C=C/CCCCCCCCCCCC(=O)O[C@@H](COC(=O)CCC/C=C/CCCCCCCCCCCCCCCCCCCC)COP(=O)([O-])OCC[N+](C)(C)C. The van der Waals surface area contributed by atoms with E-state index >= 15 is 0 Å². The van der Waals surface area contributed by atoms with Crippen molar-refractivity contribution >= 4 is 19.8 Å². The van der Waals surface area contributed by atoms with E-state index in [9.17, 15) is 19.0 Å². The number of hydrogen-bond donors (Lipinski definition) is 0. The number of allylic oxidation sites excluding steroid dienone is 4. The molecule has 0 aromatic heterocycles. The number of phosphoric ester groups is 1. The second-order valence-electron chi connectivity index (χ2n) is 19.6. The third-order valence-electron chi connectivity index (χ3n) is 11.9. The summed E-state index contributed by atoms with van der Waals surface area (Å²) < 4.78 is 34.0. The molecular formula is C54H104NO8P. The molecule has 9 nitrogen and oxygen atoms in total. The first-order valence-electron chi connectivity index (χ1n) is 27.0. The van der Waals surface area contributed by atoms with Crippen LogP contribution in [-0.2, 0) is 32.7 Å². The van der Waals surface area contributed by atoms with Crippen molar-refractivity contribution in [3.8, 4) is 0 Å². The summed E-state index contributed by atoms with van der Waals surface area (Å²) in [7, 11) is 1.16. The van der Waals surface area contributed by atoms with Crippen LogP contribution in [0.3, 0.4) is 0 Å². The fraction of sp³-hybridized carbons (Fsp3) is 0.889. The average Bonchev–Trinajstić information content (AvgIpc) is 3.25. The number of hydrogen-bond acceptors (Lipinski definition) is 8. The van der Waals surface area contributed by atoms with E-state index in [2.05, 4.69) is 38.2 Å². The van der Waals surface area contributed by atoms with Gasteiger partial charge < -0.3 is 27.9 Å². The molecule has 0 aromatic carbocycles. The van der Waals surface area contributed by atoms with Crippen molar-refractivity contribution in [1.29, 1.82) is 0 Å². The van der Waals surface area contributed by atoms with Gasteiger partial charge in [-0.3, -0.25) is 14.2 Å². The summed E-state index contributed by atoms with van der Waals surface area (Å²) in [5.41, 5.74) is 0. The van der Waals surface area contributed by atoms with Crippen molar-refractivity contribution in [3.63, 3.8) is 0 Å². The van der Waals surface area contributed by atoms with Crippen LogP contribution in [0.25, 0.3) is 0 Å². The van der Waals surface area contributed by atoms with Crippen LogP contribution in [0.4, 0.5) is 0 Å². The van der Waals surface area contributed by atoms with Crippen LogP contribution in [-0.4, -0.2) is 70.0 Å². The van der Waals surface area contributed by atoms with Gasteiger partial charge in [0, 0.05) is 12.8 Å². The van der Waals surface area contributed by atoms with Gasteiger partial charge in [0.05, 0.1) is 27.7 Å². The lowest BCUT2D eigenvalue weighted by atomic mass is 10.0. The van der Waals surface area contributed by atoms with E-state index in [1.54, 1.807) is 0 Å². The molecule has 378 valence electrons. The van der Waals surface area contributed by atoms with Gasteiger partial charge in [0.1, 0.15) is 19.8 Å². The normalized spacial score (nSPS) is 13.5. The standard InChI is InChI=1S/C54H104NO8P/c1-6-8-10-12-14-16-18-20-22-24-25-26-27-28-29-31-32-34-36-38-40-42-44-46-53(56)60-50-52(51-62-64(58,59)61-49-48-55(3,4)5)63-54(57)47-45-43-41-39-37-35-33-30-23-21-19-17-15-13-11-9-7-2/h17,19,38,40,52H,6-16,18,20-37,39,41-51H2,1-5H3/b19-17+,40-38+/t52-/m0/s1. The Labute approximate surface area is 396 Å². The highest BCUT2D eigenvalue weighted by Crippen LogP contribution is 2.38. The number of phosphoric acid groups is 1. The van der Waals surface area contributed by atoms with Crippen molar-refractivity contribution in [2.75, 3.05) is 47.5 Å². The molecule has 0 amide bonds. The van der Waals surface area contributed by atoms with Crippen molar-refractivity contribution in [1.82, 2.24) is 0 Å². The van der Waals surface area contributed by atoms with Crippen LogP contribution in [0.1, 0.15) is 258 Å². The van der Waals surface area contributed by atoms with Gasteiger partial charge in [-0.15, -0.1) is 0 Å². The minimum absolute atomic E-state index is 0.0331. The molecule has 10 heteroatoms.